The maximum atomic E-state index is 8.83. The molecule has 0 aromatic rings. The highest BCUT2D eigenvalue weighted by Crippen LogP contribution is 1.86. The monoisotopic (exact) mass is 268 g/mol. The van der Waals surface area contributed by atoms with Gasteiger partial charge in [-0.2, -0.15) is 0 Å². The fourth-order valence-electron chi connectivity index (χ4n) is 0.888. The minimum absolute atomic E-state index is 0.0894. The van der Waals surface area contributed by atoms with Gasteiger partial charge < -0.3 is 29.2 Å². The van der Waals surface area contributed by atoms with E-state index in [2.05, 4.69) is 0 Å². The molecular weight excluding hydrogens is 240 g/mol. The molecule has 112 valence electrons. The zero-order chi connectivity index (χ0) is 14.1. The summed E-state index contributed by atoms with van der Waals surface area (Å²) in [6.07, 6.45) is -0.755. The summed E-state index contributed by atoms with van der Waals surface area (Å²) in [5, 5.41) is 17.1. The molecule has 18 heavy (non-hydrogen) atoms. The first-order chi connectivity index (χ1) is 8.72. The summed E-state index contributed by atoms with van der Waals surface area (Å²) in [5.41, 5.74) is 0. The predicted octanol–water partition coefficient (Wildman–Crippen LogP) is 0.410. The van der Waals surface area contributed by atoms with Crippen molar-refractivity contribution in [3.63, 3.8) is 0 Å². The summed E-state index contributed by atoms with van der Waals surface area (Å²) in [7, 11) is 0. The van der Waals surface area contributed by atoms with Crippen LogP contribution in [0.2, 0.25) is 0 Å². The number of aliphatic hydroxyl groups is 2. The molecule has 0 aliphatic heterocycles. The highest BCUT2D eigenvalue weighted by atomic mass is 16.6. The van der Waals surface area contributed by atoms with E-state index in [-0.39, 0.29) is 13.2 Å². The summed E-state index contributed by atoms with van der Waals surface area (Å²) < 4.78 is 19.5. The Morgan fingerprint density at radius 3 is 1.94 bits per heavy atom. The Bertz CT molecular complexity index is 128. The fraction of sp³-hybridized carbons (Fsp3) is 1.00. The van der Waals surface area contributed by atoms with Crippen molar-refractivity contribution >= 4 is 0 Å². The average Bonchev–Trinajstić information content (AvgIpc) is 2.37. The van der Waals surface area contributed by atoms with Crippen LogP contribution in [-0.2, 0) is 18.9 Å². The van der Waals surface area contributed by atoms with Crippen LogP contribution in [0.1, 0.15) is 20.8 Å². The molecule has 0 bridgehead atoms. The maximum Gasteiger partial charge on any atom is 0.178 e. The van der Waals surface area contributed by atoms with Crippen molar-refractivity contribution in [1.29, 1.82) is 0 Å². The van der Waals surface area contributed by atoms with E-state index < -0.39 is 6.29 Å². The molecule has 0 saturated carbocycles. The number of aliphatic hydroxyl groups excluding tert-OH is 2. The molecule has 0 aliphatic carbocycles. The quantitative estimate of drug-likeness (QED) is 0.417. The van der Waals surface area contributed by atoms with E-state index in [1.54, 1.807) is 0 Å². The molecule has 2 N–H and O–H groups in total. The Morgan fingerprint density at radius 1 is 0.833 bits per heavy atom. The van der Waals surface area contributed by atoms with Gasteiger partial charge in [-0.25, -0.2) is 0 Å². The Kier molecular flexibility index (Phi) is 21.3. The van der Waals surface area contributed by atoms with Crippen LogP contribution < -0.4 is 0 Å². The van der Waals surface area contributed by atoms with E-state index >= 15 is 0 Å². The largest absolute Gasteiger partial charge is 0.394 e. The van der Waals surface area contributed by atoms with Gasteiger partial charge >= 0.3 is 0 Å². The van der Waals surface area contributed by atoms with Gasteiger partial charge in [-0.3, -0.25) is 0 Å². The normalized spacial score (nSPS) is 11.8. The van der Waals surface area contributed by atoms with Crippen molar-refractivity contribution in [3.8, 4) is 0 Å². The molecule has 1 atom stereocenters. The second-order valence-electron chi connectivity index (χ2n) is 3.10. The number of hydrogen-bond acceptors (Lipinski definition) is 6. The Morgan fingerprint density at radius 2 is 1.44 bits per heavy atom. The van der Waals surface area contributed by atoms with Crippen molar-refractivity contribution in [2.24, 2.45) is 0 Å². The van der Waals surface area contributed by atoms with Crippen LogP contribution in [0.5, 0.6) is 0 Å². The third kappa shape index (κ3) is 21.1. The lowest BCUT2D eigenvalue weighted by Crippen LogP contribution is -2.18. The first-order valence-corrected chi connectivity index (χ1v) is 6.36. The molecule has 0 amide bonds. The molecule has 6 heteroatoms. The number of hydrogen-bond donors (Lipinski definition) is 2. The summed E-state index contributed by atoms with van der Waals surface area (Å²) in [6, 6.07) is 0. The van der Waals surface area contributed by atoms with E-state index in [0.717, 1.165) is 6.61 Å². The van der Waals surface area contributed by atoms with Crippen LogP contribution in [0.25, 0.3) is 0 Å². The first-order valence-electron chi connectivity index (χ1n) is 6.36. The molecule has 0 saturated heterocycles. The molecule has 1 unspecified atom stereocenters. The van der Waals surface area contributed by atoms with Crippen molar-refractivity contribution in [3.05, 3.63) is 0 Å². The summed E-state index contributed by atoms with van der Waals surface area (Å²) in [6.45, 7) is 9.47. The van der Waals surface area contributed by atoms with Crippen molar-refractivity contribution in [2.45, 2.75) is 27.1 Å². The SMILES string of the molecule is CCOCC(O)OCC.CCOCCOCCO. The third-order valence-corrected chi connectivity index (χ3v) is 1.64. The Labute approximate surface area is 110 Å². The lowest BCUT2D eigenvalue weighted by Gasteiger charge is -2.08. The molecule has 0 radical (unpaired) electrons. The molecule has 0 aromatic carbocycles. The second-order valence-corrected chi connectivity index (χ2v) is 3.10. The summed E-state index contributed by atoms with van der Waals surface area (Å²) in [4.78, 5) is 0. The topological polar surface area (TPSA) is 77.4 Å². The highest BCUT2D eigenvalue weighted by Gasteiger charge is 1.99. The smallest absolute Gasteiger partial charge is 0.178 e. The van der Waals surface area contributed by atoms with Crippen LogP contribution in [0.3, 0.4) is 0 Å². The van der Waals surface area contributed by atoms with Gasteiger partial charge in [0.05, 0.1) is 33.0 Å². The Balaban J connectivity index is 0. The van der Waals surface area contributed by atoms with E-state index in [1.165, 1.54) is 0 Å². The predicted molar refractivity (Wildman–Crippen MR) is 68.5 cm³/mol. The van der Waals surface area contributed by atoms with E-state index in [4.69, 9.17) is 29.2 Å². The van der Waals surface area contributed by atoms with Gasteiger partial charge in [0.25, 0.3) is 0 Å². The number of ether oxygens (including phenoxy) is 4. The van der Waals surface area contributed by atoms with Gasteiger partial charge in [0.15, 0.2) is 6.29 Å². The van der Waals surface area contributed by atoms with Gasteiger partial charge in [0.2, 0.25) is 0 Å². The summed E-state index contributed by atoms with van der Waals surface area (Å²) in [5.74, 6) is 0. The van der Waals surface area contributed by atoms with Gasteiger partial charge in [-0.15, -0.1) is 0 Å². The fourth-order valence-corrected chi connectivity index (χ4v) is 0.888. The van der Waals surface area contributed by atoms with Crippen LogP contribution in [-0.4, -0.2) is 69.4 Å². The lowest BCUT2D eigenvalue weighted by atomic mass is 10.6. The van der Waals surface area contributed by atoms with Crippen molar-refractivity contribution in [2.75, 3.05) is 52.9 Å². The van der Waals surface area contributed by atoms with Gasteiger partial charge in [0, 0.05) is 19.8 Å². The molecule has 0 aromatic heterocycles. The van der Waals surface area contributed by atoms with Crippen LogP contribution in [0.4, 0.5) is 0 Å². The molecule has 0 fully saturated rings. The lowest BCUT2D eigenvalue weighted by molar-refractivity contribution is -0.133. The zero-order valence-electron chi connectivity index (χ0n) is 11.8. The summed E-state index contributed by atoms with van der Waals surface area (Å²) >= 11 is 0. The molecule has 0 aliphatic rings. The van der Waals surface area contributed by atoms with Gasteiger partial charge in [-0.1, -0.05) is 0 Å². The van der Waals surface area contributed by atoms with Crippen LogP contribution >= 0.6 is 0 Å². The highest BCUT2D eigenvalue weighted by molar-refractivity contribution is 4.34. The van der Waals surface area contributed by atoms with Crippen LogP contribution in [0, 0.1) is 0 Å². The molecular formula is C12H28O6. The van der Waals surface area contributed by atoms with Crippen LogP contribution in [0.15, 0.2) is 0 Å². The zero-order valence-corrected chi connectivity index (χ0v) is 11.8. The van der Waals surface area contributed by atoms with E-state index in [1.807, 2.05) is 20.8 Å². The van der Waals surface area contributed by atoms with Gasteiger partial charge in [-0.05, 0) is 20.8 Å². The minimum atomic E-state index is -0.755. The molecule has 0 spiro atoms. The standard InChI is InChI=1S/2C6H14O3/c1-3-8-5-6(7)9-4-2;1-2-8-5-6-9-4-3-7/h6-7H,3-5H2,1-2H3;7H,2-6H2,1H3. The average molecular weight is 268 g/mol. The molecule has 6 nitrogen and oxygen atoms in total. The minimum Gasteiger partial charge on any atom is -0.394 e. The molecule has 0 heterocycles. The molecule has 0 rings (SSSR count). The third-order valence-electron chi connectivity index (χ3n) is 1.64. The van der Waals surface area contributed by atoms with E-state index in [9.17, 15) is 0 Å². The second kappa shape index (κ2) is 19.1. The van der Waals surface area contributed by atoms with E-state index in [0.29, 0.717) is 33.0 Å². The van der Waals surface area contributed by atoms with Crippen molar-refractivity contribution in [1.82, 2.24) is 0 Å². The number of rotatable bonds is 11. The Hall–Kier alpha value is -0.240. The van der Waals surface area contributed by atoms with Gasteiger partial charge in [0.1, 0.15) is 0 Å². The van der Waals surface area contributed by atoms with Crippen molar-refractivity contribution < 1.29 is 29.2 Å². The maximum absolute atomic E-state index is 8.83. The first kappa shape index (κ1) is 20.1.